The van der Waals surface area contributed by atoms with Gasteiger partial charge in [-0.1, -0.05) is 11.6 Å². The van der Waals surface area contributed by atoms with Gasteiger partial charge in [-0.2, -0.15) is 0 Å². The van der Waals surface area contributed by atoms with Crippen molar-refractivity contribution >= 4 is 22.4 Å². The lowest BCUT2D eigenvalue weighted by Crippen LogP contribution is -2.35. The Hall–Kier alpha value is -0.450. The highest BCUT2D eigenvalue weighted by atomic mass is 35.5. The number of halogens is 1. The van der Waals surface area contributed by atoms with E-state index in [9.17, 15) is 4.21 Å². The molecule has 2 rings (SSSR count). The van der Waals surface area contributed by atoms with E-state index < -0.39 is 10.8 Å². The molecule has 0 amide bonds. The van der Waals surface area contributed by atoms with Gasteiger partial charge in [-0.15, -0.1) is 0 Å². The van der Waals surface area contributed by atoms with Gasteiger partial charge in [-0.05, 0) is 24.5 Å². The summed E-state index contributed by atoms with van der Waals surface area (Å²) in [5.41, 5.74) is 1.07. The van der Waals surface area contributed by atoms with Crippen molar-refractivity contribution in [3.8, 4) is 0 Å². The Bertz CT molecular complexity index is 376. The van der Waals surface area contributed by atoms with Crippen molar-refractivity contribution in [2.45, 2.75) is 25.4 Å². The number of rotatable bonds is 3. The van der Waals surface area contributed by atoms with Gasteiger partial charge in [-0.3, -0.25) is 9.19 Å². The maximum Gasteiger partial charge on any atom is 0.0634 e. The minimum absolute atomic E-state index is 0.474. The lowest BCUT2D eigenvalue weighted by atomic mass is 10.1. The average molecular weight is 259 g/mol. The highest BCUT2D eigenvalue weighted by molar-refractivity contribution is 7.85. The number of aromatic nitrogens is 1. The summed E-state index contributed by atoms with van der Waals surface area (Å²) in [4.78, 5) is 3.95. The molecular formula is C11H15ClN2OS. The first kappa shape index (κ1) is 12.0. The van der Waals surface area contributed by atoms with E-state index in [1.165, 1.54) is 0 Å². The zero-order chi connectivity index (χ0) is 11.4. The van der Waals surface area contributed by atoms with Crippen LogP contribution in [-0.4, -0.2) is 26.7 Å². The molecule has 0 saturated carbocycles. The SMILES string of the molecule is O=S1CCC(NCc2ccncc2Cl)CC1. The van der Waals surface area contributed by atoms with Crippen LogP contribution < -0.4 is 5.32 Å². The largest absolute Gasteiger partial charge is 0.310 e. The Morgan fingerprint density at radius 1 is 1.50 bits per heavy atom. The van der Waals surface area contributed by atoms with Crippen LogP contribution >= 0.6 is 11.6 Å². The van der Waals surface area contributed by atoms with Gasteiger partial charge in [0.1, 0.15) is 0 Å². The molecule has 5 heteroatoms. The summed E-state index contributed by atoms with van der Waals surface area (Å²) in [5.74, 6) is 1.64. The van der Waals surface area contributed by atoms with E-state index in [1.54, 1.807) is 12.4 Å². The normalized spacial score (nSPS) is 25.6. The molecule has 0 atom stereocenters. The highest BCUT2D eigenvalue weighted by Crippen LogP contribution is 2.15. The predicted octanol–water partition coefficient (Wildman–Crippen LogP) is 1.74. The minimum atomic E-state index is -0.589. The molecule has 16 heavy (non-hydrogen) atoms. The Morgan fingerprint density at radius 3 is 2.94 bits per heavy atom. The van der Waals surface area contributed by atoms with Crippen molar-refractivity contribution in [1.29, 1.82) is 0 Å². The van der Waals surface area contributed by atoms with Gasteiger partial charge in [-0.25, -0.2) is 0 Å². The molecular weight excluding hydrogens is 244 g/mol. The van der Waals surface area contributed by atoms with Gasteiger partial charge in [0.2, 0.25) is 0 Å². The fraction of sp³-hybridized carbons (Fsp3) is 0.545. The first-order chi connectivity index (χ1) is 7.75. The van der Waals surface area contributed by atoms with Gasteiger partial charge >= 0.3 is 0 Å². The van der Waals surface area contributed by atoms with Crippen molar-refractivity contribution in [2.75, 3.05) is 11.5 Å². The molecule has 0 spiro atoms. The fourth-order valence-corrected chi connectivity index (χ4v) is 3.28. The van der Waals surface area contributed by atoms with E-state index in [1.807, 2.05) is 6.07 Å². The number of hydrogen-bond acceptors (Lipinski definition) is 3. The third-order valence-electron chi connectivity index (χ3n) is 2.83. The maximum atomic E-state index is 11.2. The van der Waals surface area contributed by atoms with Gasteiger partial charge in [0.25, 0.3) is 0 Å². The fourth-order valence-electron chi connectivity index (χ4n) is 1.80. The van der Waals surface area contributed by atoms with Crippen molar-refractivity contribution in [2.24, 2.45) is 0 Å². The van der Waals surface area contributed by atoms with Crippen molar-refractivity contribution in [3.05, 3.63) is 29.0 Å². The van der Waals surface area contributed by atoms with E-state index >= 15 is 0 Å². The van der Waals surface area contributed by atoms with Gasteiger partial charge in [0.15, 0.2) is 0 Å². The zero-order valence-corrected chi connectivity index (χ0v) is 10.6. The lowest BCUT2D eigenvalue weighted by Gasteiger charge is -2.22. The topological polar surface area (TPSA) is 42.0 Å². The van der Waals surface area contributed by atoms with Crippen LogP contribution in [0.15, 0.2) is 18.5 Å². The molecule has 2 heterocycles. The predicted molar refractivity (Wildman–Crippen MR) is 67.0 cm³/mol. The second-order valence-electron chi connectivity index (χ2n) is 3.97. The van der Waals surface area contributed by atoms with Crippen LogP contribution in [0.1, 0.15) is 18.4 Å². The van der Waals surface area contributed by atoms with E-state index in [-0.39, 0.29) is 0 Å². The van der Waals surface area contributed by atoms with Crippen LogP contribution in [0.3, 0.4) is 0 Å². The monoisotopic (exact) mass is 258 g/mol. The van der Waals surface area contributed by atoms with Crippen LogP contribution in [0.25, 0.3) is 0 Å². The van der Waals surface area contributed by atoms with Crippen LogP contribution in [0.4, 0.5) is 0 Å². The summed E-state index contributed by atoms with van der Waals surface area (Å²) in [5, 5.41) is 4.16. The van der Waals surface area contributed by atoms with E-state index in [0.717, 1.165) is 36.5 Å². The Morgan fingerprint density at radius 2 is 2.25 bits per heavy atom. The van der Waals surface area contributed by atoms with Gasteiger partial charge < -0.3 is 5.32 Å². The molecule has 1 N–H and O–H groups in total. The van der Waals surface area contributed by atoms with Gasteiger partial charge in [0.05, 0.1) is 5.02 Å². The van der Waals surface area contributed by atoms with Crippen LogP contribution in [-0.2, 0) is 17.3 Å². The molecule has 1 aromatic heterocycles. The quantitative estimate of drug-likeness (QED) is 0.898. The zero-order valence-electron chi connectivity index (χ0n) is 8.99. The standard InChI is InChI=1S/C11H15ClN2OS/c12-11-8-13-4-1-9(11)7-14-10-2-5-16(15)6-3-10/h1,4,8,10,14H,2-3,5-7H2. The molecule has 1 aromatic rings. The summed E-state index contributed by atoms with van der Waals surface area (Å²) in [6, 6.07) is 2.40. The third-order valence-corrected chi connectivity index (χ3v) is 4.55. The summed E-state index contributed by atoms with van der Waals surface area (Å²) in [6.07, 6.45) is 5.40. The number of nitrogens with one attached hydrogen (secondary N) is 1. The molecule has 1 aliphatic rings. The molecule has 3 nitrogen and oxygen atoms in total. The Kier molecular flexibility index (Phi) is 4.32. The third kappa shape index (κ3) is 3.27. The smallest absolute Gasteiger partial charge is 0.0634 e. The lowest BCUT2D eigenvalue weighted by molar-refractivity contribution is 0.475. The molecule has 1 saturated heterocycles. The van der Waals surface area contributed by atoms with Crippen molar-refractivity contribution < 1.29 is 4.21 Å². The molecule has 1 aliphatic heterocycles. The highest BCUT2D eigenvalue weighted by Gasteiger charge is 2.17. The van der Waals surface area contributed by atoms with E-state index in [4.69, 9.17) is 11.6 Å². The van der Waals surface area contributed by atoms with E-state index in [2.05, 4.69) is 10.3 Å². The van der Waals surface area contributed by atoms with Crippen molar-refractivity contribution in [1.82, 2.24) is 10.3 Å². The Labute approximate surface area is 103 Å². The molecule has 88 valence electrons. The average Bonchev–Trinajstić information content (AvgIpc) is 2.30. The molecule has 0 aliphatic carbocycles. The number of hydrogen-bond donors (Lipinski definition) is 1. The summed E-state index contributed by atoms with van der Waals surface area (Å²) >= 11 is 6.01. The van der Waals surface area contributed by atoms with Gasteiger partial charge in [0, 0.05) is 47.3 Å². The van der Waals surface area contributed by atoms with Crippen LogP contribution in [0.2, 0.25) is 5.02 Å². The van der Waals surface area contributed by atoms with Crippen LogP contribution in [0.5, 0.6) is 0 Å². The van der Waals surface area contributed by atoms with Crippen LogP contribution in [0, 0.1) is 0 Å². The summed E-state index contributed by atoms with van der Waals surface area (Å²) in [6.45, 7) is 0.763. The Balaban J connectivity index is 1.84. The summed E-state index contributed by atoms with van der Waals surface area (Å²) in [7, 11) is -0.589. The summed E-state index contributed by atoms with van der Waals surface area (Å²) < 4.78 is 11.2. The second-order valence-corrected chi connectivity index (χ2v) is 6.07. The molecule has 0 aromatic carbocycles. The van der Waals surface area contributed by atoms with E-state index in [0.29, 0.717) is 11.1 Å². The molecule has 0 radical (unpaired) electrons. The molecule has 0 unspecified atom stereocenters. The minimum Gasteiger partial charge on any atom is -0.310 e. The number of pyridine rings is 1. The maximum absolute atomic E-state index is 11.2. The molecule has 0 bridgehead atoms. The first-order valence-electron chi connectivity index (χ1n) is 5.42. The second kappa shape index (κ2) is 5.75. The van der Waals surface area contributed by atoms with Crippen molar-refractivity contribution in [3.63, 3.8) is 0 Å². The first-order valence-corrected chi connectivity index (χ1v) is 7.29. The molecule has 1 fully saturated rings. The number of nitrogens with zero attached hydrogens (tertiary/aromatic N) is 1.